The van der Waals surface area contributed by atoms with Gasteiger partial charge in [-0.2, -0.15) is 0 Å². The average molecular weight is 289 g/mol. The molecule has 2 heterocycles. The molecule has 1 fully saturated rings. The average Bonchev–Trinajstić information content (AvgIpc) is 2.69. The number of aliphatic hydroxyl groups is 1. The molecular weight excluding hydrogens is 280 g/mol. The fraction of sp³-hybridized carbons (Fsp3) is 0.444. The van der Waals surface area contributed by atoms with Gasteiger partial charge in [0.25, 0.3) is 5.56 Å². The van der Waals surface area contributed by atoms with Gasteiger partial charge in [-0.25, -0.2) is 4.79 Å². The first-order chi connectivity index (χ1) is 8.90. The number of aliphatic hydroxyl groups excluding tert-OH is 1. The van der Waals surface area contributed by atoms with E-state index in [-0.39, 0.29) is 6.42 Å². The lowest BCUT2D eigenvalue weighted by molar-refractivity contribution is -0.127. The fourth-order valence-corrected chi connectivity index (χ4v) is 2.19. The monoisotopic (exact) mass is 289 g/mol. The van der Waals surface area contributed by atoms with Gasteiger partial charge >= 0.3 is 5.69 Å². The normalized spacial score (nSPS) is 28.2. The first-order valence-electron chi connectivity index (χ1n) is 5.18. The van der Waals surface area contributed by atoms with Crippen LogP contribution in [0.3, 0.4) is 0 Å². The summed E-state index contributed by atoms with van der Waals surface area (Å²) >= 11 is -3.02. The van der Waals surface area contributed by atoms with E-state index < -0.39 is 45.9 Å². The molecule has 2 N–H and O–H groups in total. The summed E-state index contributed by atoms with van der Waals surface area (Å²) in [6, 6.07) is 1.07. The van der Waals surface area contributed by atoms with Gasteiger partial charge in [0, 0.05) is 29.8 Å². The third-order valence-corrected chi connectivity index (χ3v) is 3.22. The third kappa shape index (κ3) is 2.71. The van der Waals surface area contributed by atoms with Crippen molar-refractivity contribution in [3.05, 3.63) is 33.1 Å². The van der Waals surface area contributed by atoms with E-state index in [1.54, 1.807) is 0 Å². The van der Waals surface area contributed by atoms with Crippen molar-refractivity contribution >= 4 is 16.2 Å². The number of carbonyl (C=O) groups excluding carboxylic acids is 1. The summed E-state index contributed by atoms with van der Waals surface area (Å²) in [6.07, 6.45) is -2.90. The van der Waals surface area contributed by atoms with Crippen LogP contribution < -0.4 is 11.2 Å². The Bertz CT molecular complexity index is 636. The number of H-pyrrole nitrogens is 1. The number of rotatable bonds is 2. The Kier molecular flexibility index (Phi) is 3.75. The number of nitrogens with zero attached hydrogens (tertiary/aromatic N) is 1. The fourth-order valence-electron chi connectivity index (χ4n) is 1.79. The molecule has 1 aliphatic heterocycles. The molecule has 2 rings (SSSR count). The maximum absolute atomic E-state index is 11.5. The summed E-state index contributed by atoms with van der Waals surface area (Å²) in [6.45, 7) is 0. The zero-order chi connectivity index (χ0) is 14.2. The second-order valence-electron chi connectivity index (χ2n) is 3.89. The van der Waals surface area contributed by atoms with Crippen LogP contribution in [0.5, 0.6) is 0 Å². The zero-order valence-corrected chi connectivity index (χ0v) is 10.2. The Balaban J connectivity index is 2.26. The maximum Gasteiger partial charge on any atom is 0.330 e. The van der Waals surface area contributed by atoms with Gasteiger partial charge in [-0.3, -0.25) is 23.3 Å². The molecule has 19 heavy (non-hydrogen) atoms. The van der Waals surface area contributed by atoms with Gasteiger partial charge in [0.2, 0.25) is 5.12 Å². The summed E-state index contributed by atoms with van der Waals surface area (Å²) < 4.78 is 27.1. The number of nitrogens with one attached hydrogen (secondary N) is 1. The largest absolute Gasteiger partial charge is 0.766 e. The van der Waals surface area contributed by atoms with Crippen molar-refractivity contribution in [3.8, 4) is 0 Å². The van der Waals surface area contributed by atoms with Gasteiger partial charge in [-0.1, -0.05) is 0 Å². The molecule has 1 unspecified atom stereocenters. The van der Waals surface area contributed by atoms with Crippen LogP contribution in [-0.4, -0.2) is 40.7 Å². The van der Waals surface area contributed by atoms with Gasteiger partial charge in [0.05, 0.1) is 6.10 Å². The van der Waals surface area contributed by atoms with Gasteiger partial charge in [0.1, 0.15) is 6.23 Å². The number of hydrogen-bond donors (Lipinski definition) is 2. The Morgan fingerprint density at radius 1 is 1.58 bits per heavy atom. The smallest absolute Gasteiger partial charge is 0.330 e. The van der Waals surface area contributed by atoms with Gasteiger partial charge in [-0.05, 0) is 0 Å². The Labute approximate surface area is 108 Å². The van der Waals surface area contributed by atoms with Crippen molar-refractivity contribution in [2.24, 2.45) is 0 Å². The Hall–Kier alpha value is -1.62. The van der Waals surface area contributed by atoms with Crippen LogP contribution in [0.4, 0.5) is 0 Å². The lowest BCUT2D eigenvalue weighted by Crippen LogP contribution is -2.34. The summed E-state index contributed by atoms with van der Waals surface area (Å²) in [5.41, 5.74) is -1.38. The third-order valence-electron chi connectivity index (χ3n) is 2.65. The van der Waals surface area contributed by atoms with E-state index >= 15 is 0 Å². The molecule has 10 heteroatoms. The standard InChI is InChI=1S/C9H10N2O7S/c12-4-3-6(18-7(4)8(14)19(16)17)11-2-1-5(13)10-9(11)15/h1-2,4,6-7,12H,3H2,(H,16,17)(H,10,13,15)/p-1/t4-,6+,7-/m0/s1. The van der Waals surface area contributed by atoms with E-state index in [4.69, 9.17) is 4.74 Å². The summed E-state index contributed by atoms with van der Waals surface area (Å²) in [4.78, 5) is 35.6. The lowest BCUT2D eigenvalue weighted by atomic mass is 10.2. The van der Waals surface area contributed by atoms with E-state index in [2.05, 4.69) is 0 Å². The Morgan fingerprint density at radius 3 is 2.84 bits per heavy atom. The van der Waals surface area contributed by atoms with Gasteiger partial charge in [0.15, 0.2) is 6.10 Å². The van der Waals surface area contributed by atoms with Crippen molar-refractivity contribution < 1.29 is 23.4 Å². The van der Waals surface area contributed by atoms with Crippen molar-refractivity contribution in [1.82, 2.24) is 9.55 Å². The predicted molar refractivity (Wildman–Crippen MR) is 59.8 cm³/mol. The highest BCUT2D eigenvalue weighted by Crippen LogP contribution is 2.28. The molecule has 104 valence electrons. The van der Waals surface area contributed by atoms with Gasteiger partial charge < -0.3 is 14.4 Å². The molecular formula is C9H9N2O7S-. The van der Waals surface area contributed by atoms with Crippen molar-refractivity contribution in [1.29, 1.82) is 0 Å². The van der Waals surface area contributed by atoms with E-state index in [1.165, 1.54) is 0 Å². The topological polar surface area (TPSA) is 142 Å². The molecule has 1 saturated heterocycles. The maximum atomic E-state index is 11.5. The van der Waals surface area contributed by atoms with E-state index in [0.29, 0.717) is 0 Å². The number of carbonyl (C=O) groups is 1. The SMILES string of the molecule is O=C([C@H]1O[C@@H](n2ccc(=O)[nH]c2=O)C[C@@H]1O)S(=O)[O-]. The van der Waals surface area contributed by atoms with Gasteiger partial charge in [-0.15, -0.1) is 0 Å². The minimum atomic E-state index is -3.02. The van der Waals surface area contributed by atoms with Crippen molar-refractivity contribution in [2.45, 2.75) is 24.9 Å². The lowest BCUT2D eigenvalue weighted by Gasteiger charge is -2.15. The number of aromatic amines is 1. The van der Waals surface area contributed by atoms with Crippen LogP contribution in [0.15, 0.2) is 21.9 Å². The summed E-state index contributed by atoms with van der Waals surface area (Å²) in [7, 11) is 0. The van der Waals surface area contributed by atoms with Crippen molar-refractivity contribution in [2.75, 3.05) is 0 Å². The van der Waals surface area contributed by atoms with E-state index in [9.17, 15) is 28.3 Å². The highest BCUT2D eigenvalue weighted by atomic mass is 32.2. The first kappa shape index (κ1) is 13.8. The second-order valence-corrected chi connectivity index (χ2v) is 4.76. The molecule has 0 radical (unpaired) electrons. The van der Waals surface area contributed by atoms with Crippen LogP contribution in [0.1, 0.15) is 12.6 Å². The highest BCUT2D eigenvalue weighted by molar-refractivity contribution is 7.95. The molecule has 0 spiro atoms. The highest BCUT2D eigenvalue weighted by Gasteiger charge is 2.40. The summed E-state index contributed by atoms with van der Waals surface area (Å²) in [5.74, 6) is 0. The number of hydrogen-bond acceptors (Lipinski definition) is 7. The van der Waals surface area contributed by atoms with E-state index in [1.807, 2.05) is 4.98 Å². The molecule has 0 aromatic carbocycles. The molecule has 0 aliphatic carbocycles. The molecule has 1 aromatic heterocycles. The minimum absolute atomic E-state index is 0.139. The Morgan fingerprint density at radius 2 is 2.26 bits per heavy atom. The summed E-state index contributed by atoms with van der Waals surface area (Å²) in [5, 5.41) is 8.29. The first-order valence-corrected chi connectivity index (χ1v) is 6.25. The quantitative estimate of drug-likeness (QED) is 0.577. The predicted octanol–water partition coefficient (Wildman–Crippen LogP) is -2.41. The molecule has 4 atom stereocenters. The van der Waals surface area contributed by atoms with Crippen LogP contribution >= 0.6 is 0 Å². The minimum Gasteiger partial charge on any atom is -0.766 e. The van der Waals surface area contributed by atoms with Crippen LogP contribution in [0.2, 0.25) is 0 Å². The molecule has 9 nitrogen and oxygen atoms in total. The van der Waals surface area contributed by atoms with E-state index in [0.717, 1.165) is 16.8 Å². The molecule has 0 amide bonds. The molecule has 0 bridgehead atoms. The van der Waals surface area contributed by atoms with Crippen molar-refractivity contribution in [3.63, 3.8) is 0 Å². The molecule has 1 aromatic rings. The zero-order valence-electron chi connectivity index (χ0n) is 9.35. The molecule has 1 aliphatic rings. The number of ether oxygens (including phenoxy) is 1. The van der Waals surface area contributed by atoms with Crippen LogP contribution in [0.25, 0.3) is 0 Å². The van der Waals surface area contributed by atoms with Crippen LogP contribution in [-0.2, 0) is 20.6 Å². The van der Waals surface area contributed by atoms with Crippen LogP contribution in [0, 0.1) is 0 Å². The number of aromatic nitrogens is 2. The second kappa shape index (κ2) is 5.17. The molecule has 0 saturated carbocycles.